The van der Waals surface area contributed by atoms with Crippen LogP contribution in [0.3, 0.4) is 0 Å². The van der Waals surface area contributed by atoms with E-state index < -0.39 is 27.8 Å². The lowest BCUT2D eigenvalue weighted by molar-refractivity contribution is -0.121. The van der Waals surface area contributed by atoms with Gasteiger partial charge in [0.25, 0.3) is 0 Å². The number of benzene rings is 2. The van der Waals surface area contributed by atoms with Crippen molar-refractivity contribution in [3.8, 4) is 0 Å². The van der Waals surface area contributed by atoms with Crippen molar-refractivity contribution < 1.29 is 17.6 Å². The van der Waals surface area contributed by atoms with Crippen LogP contribution < -0.4 is 9.62 Å². The quantitative estimate of drug-likeness (QED) is 0.627. The monoisotopic (exact) mass is 420 g/mol. The lowest BCUT2D eigenvalue weighted by atomic mass is 10.0. The van der Waals surface area contributed by atoms with E-state index in [1.54, 1.807) is 0 Å². The van der Waals surface area contributed by atoms with E-state index in [0.717, 1.165) is 29.5 Å². The molecule has 2 aromatic rings. The third kappa shape index (κ3) is 6.56. The summed E-state index contributed by atoms with van der Waals surface area (Å²) in [5, 5.41) is 2.78. The molecule has 7 heteroatoms. The van der Waals surface area contributed by atoms with Gasteiger partial charge in [-0.05, 0) is 55.0 Å². The molecule has 29 heavy (non-hydrogen) atoms. The minimum absolute atomic E-state index is 0.125. The van der Waals surface area contributed by atoms with E-state index in [0.29, 0.717) is 12.5 Å². The summed E-state index contributed by atoms with van der Waals surface area (Å²) in [5.41, 5.74) is 2.60. The normalized spacial score (nSPS) is 12.6. The number of hydrogen-bond donors (Lipinski definition) is 1. The highest BCUT2D eigenvalue weighted by atomic mass is 32.2. The van der Waals surface area contributed by atoms with Crippen LogP contribution in [-0.2, 0) is 21.2 Å². The highest BCUT2D eigenvalue weighted by molar-refractivity contribution is 7.92. The predicted molar refractivity (Wildman–Crippen MR) is 115 cm³/mol. The van der Waals surface area contributed by atoms with Crippen LogP contribution in [-0.4, -0.2) is 33.2 Å². The summed E-state index contributed by atoms with van der Waals surface area (Å²) in [7, 11) is -3.76. The van der Waals surface area contributed by atoms with Crippen molar-refractivity contribution in [1.29, 1.82) is 0 Å². The van der Waals surface area contributed by atoms with Crippen molar-refractivity contribution >= 4 is 21.6 Å². The van der Waals surface area contributed by atoms with Crippen molar-refractivity contribution in [3.63, 3.8) is 0 Å². The van der Waals surface area contributed by atoms with Crippen LogP contribution in [0.5, 0.6) is 0 Å². The first-order valence-corrected chi connectivity index (χ1v) is 11.6. The number of carbonyl (C=O) groups excluding carboxylic acids is 1. The van der Waals surface area contributed by atoms with E-state index in [4.69, 9.17) is 0 Å². The average Bonchev–Trinajstić information content (AvgIpc) is 2.64. The highest BCUT2D eigenvalue weighted by Gasteiger charge is 2.29. The van der Waals surface area contributed by atoms with Crippen molar-refractivity contribution in [2.75, 3.05) is 17.1 Å². The van der Waals surface area contributed by atoms with Gasteiger partial charge in [0.15, 0.2) is 0 Å². The summed E-state index contributed by atoms with van der Waals surface area (Å²) in [5.74, 6) is -0.497. The number of amides is 1. The van der Waals surface area contributed by atoms with Gasteiger partial charge in [0, 0.05) is 6.54 Å². The molecule has 0 aliphatic carbocycles. The summed E-state index contributed by atoms with van der Waals surface area (Å²) < 4.78 is 38.9. The Morgan fingerprint density at radius 1 is 1.10 bits per heavy atom. The van der Waals surface area contributed by atoms with Crippen molar-refractivity contribution in [3.05, 3.63) is 65.5 Å². The predicted octanol–water partition coefficient (Wildman–Crippen LogP) is 3.85. The van der Waals surface area contributed by atoms with Crippen LogP contribution >= 0.6 is 0 Å². The van der Waals surface area contributed by atoms with Gasteiger partial charge in [0.1, 0.15) is 11.9 Å². The van der Waals surface area contributed by atoms with E-state index in [1.165, 1.54) is 36.2 Å². The Morgan fingerprint density at radius 3 is 2.31 bits per heavy atom. The molecule has 0 aliphatic heterocycles. The second-order valence-electron chi connectivity index (χ2n) is 7.51. The number of aryl methyl sites for hydroxylation is 1. The van der Waals surface area contributed by atoms with Gasteiger partial charge < -0.3 is 5.32 Å². The molecule has 2 rings (SSSR count). The first-order valence-electron chi connectivity index (χ1n) is 9.71. The van der Waals surface area contributed by atoms with Crippen molar-refractivity contribution in [2.24, 2.45) is 0 Å². The van der Waals surface area contributed by atoms with Crippen molar-refractivity contribution in [2.45, 2.75) is 45.6 Å². The van der Waals surface area contributed by atoms with Gasteiger partial charge in [0.2, 0.25) is 15.9 Å². The van der Waals surface area contributed by atoms with Crippen LogP contribution in [0.25, 0.3) is 0 Å². The van der Waals surface area contributed by atoms with Gasteiger partial charge in [-0.15, -0.1) is 0 Å². The molecular formula is C22H29FN2O3S. The van der Waals surface area contributed by atoms with E-state index in [1.807, 2.05) is 0 Å². The smallest absolute Gasteiger partial charge is 0.243 e. The molecule has 158 valence electrons. The molecule has 0 saturated heterocycles. The Hall–Kier alpha value is -2.41. The molecule has 1 amide bonds. The van der Waals surface area contributed by atoms with E-state index in [9.17, 15) is 17.6 Å². The molecule has 5 nitrogen and oxygen atoms in total. The average molecular weight is 421 g/mol. The van der Waals surface area contributed by atoms with Crippen molar-refractivity contribution in [1.82, 2.24) is 5.32 Å². The van der Waals surface area contributed by atoms with Gasteiger partial charge in [-0.2, -0.15) is 0 Å². The Balaban J connectivity index is 1.94. The minimum atomic E-state index is -3.76. The molecule has 2 aromatic carbocycles. The summed E-state index contributed by atoms with van der Waals surface area (Å²) in [6.07, 6.45) is 2.55. The molecule has 0 spiro atoms. The van der Waals surface area contributed by atoms with E-state index in [-0.39, 0.29) is 5.69 Å². The van der Waals surface area contributed by atoms with Crippen LogP contribution in [0.15, 0.2) is 48.5 Å². The maximum absolute atomic E-state index is 13.5. The molecule has 0 radical (unpaired) electrons. The Bertz CT molecular complexity index is 927. The molecule has 0 fully saturated rings. The van der Waals surface area contributed by atoms with Gasteiger partial charge in [0.05, 0.1) is 11.9 Å². The molecule has 1 unspecified atom stereocenters. The molecule has 1 atom stereocenters. The second kappa shape index (κ2) is 9.87. The molecular weight excluding hydrogens is 391 g/mol. The Kier molecular flexibility index (Phi) is 7.79. The summed E-state index contributed by atoms with van der Waals surface area (Å²) >= 11 is 0. The fourth-order valence-electron chi connectivity index (χ4n) is 3.14. The number of anilines is 1. The van der Waals surface area contributed by atoms with Crippen LogP contribution in [0.1, 0.15) is 44.2 Å². The zero-order valence-corrected chi connectivity index (χ0v) is 18.2. The lowest BCUT2D eigenvalue weighted by Gasteiger charge is -2.28. The van der Waals surface area contributed by atoms with E-state index in [2.05, 4.69) is 43.4 Å². The summed E-state index contributed by atoms with van der Waals surface area (Å²) in [4.78, 5) is 12.5. The molecule has 0 aliphatic rings. The second-order valence-corrected chi connectivity index (χ2v) is 9.36. The van der Waals surface area contributed by atoms with Crippen LogP contribution in [0, 0.1) is 5.82 Å². The minimum Gasteiger partial charge on any atom is -0.354 e. The summed E-state index contributed by atoms with van der Waals surface area (Å²) in [6.45, 7) is 6.21. The maximum atomic E-state index is 13.5. The number of nitrogens with one attached hydrogen (secondary N) is 1. The van der Waals surface area contributed by atoms with Gasteiger partial charge in [-0.25, -0.2) is 12.8 Å². The molecule has 0 saturated carbocycles. The van der Waals surface area contributed by atoms with Gasteiger partial charge >= 0.3 is 0 Å². The Labute approximate surface area is 173 Å². The van der Waals surface area contributed by atoms with Gasteiger partial charge in [-0.1, -0.05) is 44.2 Å². The SMILES string of the molecule is CC(C)c1ccc(CCCNC(=O)C(C)N(c2cccc(F)c2)S(C)(=O)=O)cc1. The topological polar surface area (TPSA) is 66.5 Å². The largest absolute Gasteiger partial charge is 0.354 e. The first-order chi connectivity index (χ1) is 13.6. The number of hydrogen-bond acceptors (Lipinski definition) is 3. The van der Waals surface area contributed by atoms with Gasteiger partial charge in [-0.3, -0.25) is 9.10 Å². The molecule has 0 aromatic heterocycles. The first kappa shape index (κ1) is 22.9. The van der Waals surface area contributed by atoms with Crippen LogP contribution in [0.4, 0.5) is 10.1 Å². The number of carbonyl (C=O) groups is 1. The maximum Gasteiger partial charge on any atom is 0.243 e. The fourth-order valence-corrected chi connectivity index (χ4v) is 4.31. The molecule has 0 heterocycles. The summed E-state index contributed by atoms with van der Waals surface area (Å²) in [6, 6.07) is 12.6. The molecule has 0 bridgehead atoms. The zero-order valence-electron chi connectivity index (χ0n) is 17.4. The lowest BCUT2D eigenvalue weighted by Crippen LogP contribution is -2.48. The fraction of sp³-hybridized carbons (Fsp3) is 0.409. The zero-order chi connectivity index (χ0) is 21.6. The highest BCUT2D eigenvalue weighted by Crippen LogP contribution is 2.21. The standard InChI is InChI=1S/C22H29FN2O3S/c1-16(2)19-12-10-18(11-13-19)7-6-14-24-22(26)17(3)25(29(4,27)28)21-9-5-8-20(23)15-21/h5,8-13,15-17H,6-7,14H2,1-4H3,(H,24,26). The number of sulfonamides is 1. The molecule has 1 N–H and O–H groups in total. The third-order valence-corrected chi connectivity index (χ3v) is 5.98. The Morgan fingerprint density at radius 2 is 1.76 bits per heavy atom. The number of halogens is 1. The number of nitrogens with zero attached hydrogens (tertiary/aromatic N) is 1. The third-order valence-electron chi connectivity index (χ3n) is 4.74. The van der Waals surface area contributed by atoms with E-state index >= 15 is 0 Å². The number of rotatable bonds is 9. The van der Waals surface area contributed by atoms with Crippen LogP contribution in [0.2, 0.25) is 0 Å².